The van der Waals surface area contributed by atoms with Crippen molar-refractivity contribution < 1.29 is 9.18 Å². The van der Waals surface area contributed by atoms with Crippen LogP contribution in [0.3, 0.4) is 0 Å². The number of fused-ring (bicyclic) bond motifs is 3. The topological polar surface area (TPSA) is 61.9 Å². The van der Waals surface area contributed by atoms with Crippen LogP contribution in [0.4, 0.5) is 4.39 Å². The van der Waals surface area contributed by atoms with Gasteiger partial charge >= 0.3 is 0 Å². The maximum absolute atomic E-state index is 13.9. The highest BCUT2D eigenvalue weighted by atomic mass is 19.1. The lowest BCUT2D eigenvalue weighted by Crippen LogP contribution is -2.48. The maximum atomic E-state index is 13.9. The lowest BCUT2D eigenvalue weighted by molar-refractivity contribution is -0.134. The fraction of sp³-hybridized carbons (Fsp3) is 0.316. The number of benzene rings is 1. The first-order chi connectivity index (χ1) is 12.1. The molecule has 3 heterocycles. The molecule has 0 bridgehead atoms. The van der Waals surface area contributed by atoms with Crippen LogP contribution in [0.15, 0.2) is 36.8 Å². The molecule has 1 spiro atoms. The second-order valence-electron chi connectivity index (χ2n) is 7.05. The number of carbonyl (C=O) groups excluding carboxylic acids is 1. The van der Waals surface area contributed by atoms with Gasteiger partial charge in [0.2, 0.25) is 5.91 Å². The van der Waals surface area contributed by atoms with E-state index in [2.05, 4.69) is 15.0 Å². The minimum absolute atomic E-state index is 0.0159. The van der Waals surface area contributed by atoms with Crippen molar-refractivity contribution in [2.24, 2.45) is 0 Å². The van der Waals surface area contributed by atoms with Crippen LogP contribution in [0.1, 0.15) is 42.6 Å². The Morgan fingerprint density at radius 1 is 1.40 bits per heavy atom. The summed E-state index contributed by atoms with van der Waals surface area (Å²) in [5.74, 6) is -0.281. The molecule has 1 saturated carbocycles. The lowest BCUT2D eigenvalue weighted by Gasteiger charge is -2.42. The molecule has 6 heteroatoms. The fourth-order valence-corrected chi connectivity index (χ4v) is 4.31. The second kappa shape index (κ2) is 4.88. The number of hydrogen-bond acceptors (Lipinski definition) is 3. The summed E-state index contributed by atoms with van der Waals surface area (Å²) in [7, 11) is 0. The zero-order valence-corrected chi connectivity index (χ0v) is 13.8. The van der Waals surface area contributed by atoms with Gasteiger partial charge in [0.15, 0.2) is 0 Å². The molecule has 0 radical (unpaired) electrons. The van der Waals surface area contributed by atoms with Gasteiger partial charge in [-0.1, -0.05) is 12.1 Å². The van der Waals surface area contributed by atoms with Gasteiger partial charge in [0.1, 0.15) is 17.8 Å². The molecule has 1 aliphatic carbocycles. The van der Waals surface area contributed by atoms with Crippen molar-refractivity contribution in [2.45, 2.75) is 37.8 Å². The van der Waals surface area contributed by atoms with Gasteiger partial charge in [-0.2, -0.15) is 0 Å². The number of H-pyrrole nitrogens is 1. The molecular formula is C19H17FN4O. The van der Waals surface area contributed by atoms with E-state index >= 15 is 0 Å². The predicted molar refractivity (Wildman–Crippen MR) is 90.3 cm³/mol. The van der Waals surface area contributed by atoms with Gasteiger partial charge in [-0.3, -0.25) is 4.79 Å². The van der Waals surface area contributed by atoms with Gasteiger partial charge in [-0.15, -0.1) is 0 Å². The average Bonchev–Trinajstić information content (AvgIpc) is 3.25. The quantitative estimate of drug-likeness (QED) is 0.743. The van der Waals surface area contributed by atoms with Crippen LogP contribution >= 0.6 is 0 Å². The number of hydrogen-bond donors (Lipinski definition) is 1. The van der Waals surface area contributed by atoms with E-state index in [0.29, 0.717) is 0 Å². The molecule has 126 valence electrons. The Morgan fingerprint density at radius 2 is 2.24 bits per heavy atom. The van der Waals surface area contributed by atoms with Crippen LogP contribution in [0.25, 0.3) is 11.0 Å². The molecule has 0 saturated heterocycles. The first-order valence-corrected chi connectivity index (χ1v) is 8.45. The van der Waals surface area contributed by atoms with Gasteiger partial charge < -0.3 is 9.88 Å². The third-order valence-electron chi connectivity index (χ3n) is 5.49. The second-order valence-corrected chi connectivity index (χ2v) is 7.05. The maximum Gasteiger partial charge on any atom is 0.220 e. The van der Waals surface area contributed by atoms with E-state index in [1.54, 1.807) is 13.0 Å². The normalized spacial score (nSPS) is 20.7. The van der Waals surface area contributed by atoms with E-state index in [0.717, 1.165) is 47.1 Å². The van der Waals surface area contributed by atoms with Gasteiger partial charge in [-0.25, -0.2) is 14.4 Å². The Morgan fingerprint density at radius 3 is 2.96 bits per heavy atom. The van der Waals surface area contributed by atoms with Crippen LogP contribution < -0.4 is 0 Å². The zero-order valence-electron chi connectivity index (χ0n) is 13.8. The summed E-state index contributed by atoms with van der Waals surface area (Å²) in [4.78, 5) is 26.3. The molecule has 1 aliphatic heterocycles. The van der Waals surface area contributed by atoms with Crippen molar-refractivity contribution in [2.75, 3.05) is 0 Å². The monoisotopic (exact) mass is 336 g/mol. The van der Waals surface area contributed by atoms with Gasteiger partial charge in [0.05, 0.1) is 6.04 Å². The predicted octanol–water partition coefficient (Wildman–Crippen LogP) is 3.12. The molecular weight excluding hydrogens is 319 g/mol. The summed E-state index contributed by atoms with van der Waals surface area (Å²) < 4.78 is 13.9. The number of halogens is 1. The van der Waals surface area contributed by atoms with Gasteiger partial charge in [0.25, 0.3) is 0 Å². The van der Waals surface area contributed by atoms with Crippen molar-refractivity contribution in [1.82, 2.24) is 19.9 Å². The molecule has 3 aromatic rings. The highest BCUT2D eigenvalue weighted by Gasteiger charge is 2.56. The zero-order chi connectivity index (χ0) is 17.2. The van der Waals surface area contributed by atoms with E-state index in [4.69, 9.17) is 0 Å². The number of nitrogens with one attached hydrogen (secondary N) is 1. The van der Waals surface area contributed by atoms with Crippen molar-refractivity contribution in [3.05, 3.63) is 59.4 Å². The van der Waals surface area contributed by atoms with Crippen LogP contribution in [0.2, 0.25) is 0 Å². The number of nitrogens with zero attached hydrogens (tertiary/aromatic N) is 3. The van der Waals surface area contributed by atoms with Crippen molar-refractivity contribution in [1.29, 1.82) is 0 Å². The SMILES string of the molecule is CC(=O)N1C(c2cccc(F)c2)c2[nH]c3ncncc3c2CC12CC2. The van der Waals surface area contributed by atoms with E-state index in [-0.39, 0.29) is 23.3 Å². The van der Waals surface area contributed by atoms with Crippen LogP contribution in [0, 0.1) is 5.82 Å². The average molecular weight is 336 g/mol. The summed E-state index contributed by atoms with van der Waals surface area (Å²) >= 11 is 0. The molecule has 2 aromatic heterocycles. The van der Waals surface area contributed by atoms with Crippen molar-refractivity contribution >= 4 is 16.9 Å². The molecule has 1 fully saturated rings. The number of aromatic nitrogens is 3. The molecule has 2 aliphatic rings. The number of rotatable bonds is 1. The highest BCUT2D eigenvalue weighted by molar-refractivity contribution is 5.84. The molecule has 25 heavy (non-hydrogen) atoms. The van der Waals surface area contributed by atoms with Crippen molar-refractivity contribution in [3.8, 4) is 0 Å². The molecule has 1 aromatic carbocycles. The first-order valence-electron chi connectivity index (χ1n) is 8.45. The Labute approximate surface area is 143 Å². The van der Waals surface area contributed by atoms with E-state index in [1.807, 2.05) is 17.2 Å². The summed E-state index contributed by atoms with van der Waals surface area (Å²) in [6.45, 7) is 1.60. The van der Waals surface area contributed by atoms with Gasteiger partial charge in [-0.05, 0) is 42.5 Å². The smallest absolute Gasteiger partial charge is 0.220 e. The van der Waals surface area contributed by atoms with Crippen LogP contribution in [-0.4, -0.2) is 31.3 Å². The summed E-state index contributed by atoms with van der Waals surface area (Å²) in [6, 6.07) is 6.19. The Balaban J connectivity index is 1.80. The molecule has 1 unspecified atom stereocenters. The van der Waals surface area contributed by atoms with Crippen molar-refractivity contribution in [3.63, 3.8) is 0 Å². The van der Waals surface area contributed by atoms with E-state index in [9.17, 15) is 9.18 Å². The summed E-state index contributed by atoms with van der Waals surface area (Å²) in [5.41, 5.74) is 3.46. The third-order valence-corrected chi connectivity index (χ3v) is 5.49. The van der Waals surface area contributed by atoms with Gasteiger partial charge in [0, 0.05) is 29.7 Å². The number of aromatic amines is 1. The standard InChI is InChI=1S/C19H17FN4O/c1-11(25)24-17(12-3-2-4-13(20)7-12)16-14(8-19(24)5-6-19)15-9-21-10-22-18(15)23-16/h2-4,7,9-10,17H,5-6,8H2,1H3,(H,21,22,23). The largest absolute Gasteiger partial charge is 0.341 e. The van der Waals surface area contributed by atoms with E-state index < -0.39 is 0 Å². The Bertz CT molecular complexity index is 1010. The minimum atomic E-state index is -0.325. The lowest BCUT2D eigenvalue weighted by atomic mass is 9.87. The van der Waals surface area contributed by atoms with E-state index in [1.165, 1.54) is 18.5 Å². The Hall–Kier alpha value is -2.76. The Kier molecular flexibility index (Phi) is 2.84. The molecule has 5 nitrogen and oxygen atoms in total. The minimum Gasteiger partial charge on any atom is -0.341 e. The molecule has 1 N–H and O–H groups in total. The number of amides is 1. The molecule has 1 amide bonds. The van der Waals surface area contributed by atoms with Crippen LogP contribution in [-0.2, 0) is 11.2 Å². The van der Waals surface area contributed by atoms with Crippen LogP contribution in [0.5, 0.6) is 0 Å². The fourth-order valence-electron chi connectivity index (χ4n) is 4.31. The molecule has 1 atom stereocenters. The number of carbonyl (C=O) groups is 1. The third kappa shape index (κ3) is 2.03. The first kappa shape index (κ1) is 14.6. The summed E-state index contributed by atoms with van der Waals surface area (Å²) in [6.07, 6.45) is 6.06. The summed E-state index contributed by atoms with van der Waals surface area (Å²) in [5, 5.41) is 0.994. The highest BCUT2D eigenvalue weighted by Crippen LogP contribution is 2.54. The molecule has 5 rings (SSSR count).